The Morgan fingerprint density at radius 2 is 1.79 bits per heavy atom. The van der Waals surface area contributed by atoms with Gasteiger partial charge in [0.1, 0.15) is 17.2 Å². The predicted octanol–water partition coefficient (Wildman–Crippen LogP) is 3.29. The molecule has 0 aliphatic carbocycles. The topological polar surface area (TPSA) is 79.0 Å². The first-order valence-corrected chi connectivity index (χ1v) is 11.6. The van der Waals surface area contributed by atoms with Crippen molar-refractivity contribution in [3.8, 4) is 0 Å². The Kier molecular flexibility index (Phi) is 6.33. The summed E-state index contributed by atoms with van der Waals surface area (Å²) in [4.78, 5) is 39.8. The number of nitrogens with zero attached hydrogens (tertiary/aromatic N) is 2. The van der Waals surface area contributed by atoms with Crippen LogP contribution in [0.5, 0.6) is 0 Å². The number of ether oxygens (including phenoxy) is 1. The van der Waals surface area contributed by atoms with Gasteiger partial charge in [0.15, 0.2) is 5.78 Å². The molecule has 3 aliphatic rings. The molecule has 0 saturated carbocycles. The van der Waals surface area contributed by atoms with Crippen molar-refractivity contribution >= 4 is 23.5 Å². The Morgan fingerprint density at radius 3 is 2.45 bits per heavy atom. The SMILES string of the molecule is CC(C)(C)OC(=O)N1CCC(c2c(F)cc3c(c2F)CCN3C2CCC(=O)NCC2=O)CC1. The van der Waals surface area contributed by atoms with Crippen molar-refractivity contribution in [1.82, 2.24) is 10.2 Å². The molecule has 3 heterocycles. The largest absolute Gasteiger partial charge is 0.444 e. The lowest BCUT2D eigenvalue weighted by Crippen LogP contribution is -2.42. The second-order valence-electron chi connectivity index (χ2n) is 10.1. The zero-order valence-electron chi connectivity index (χ0n) is 19.4. The highest BCUT2D eigenvalue weighted by atomic mass is 19.1. The minimum absolute atomic E-state index is 0.0609. The average Bonchev–Trinajstić information content (AvgIpc) is 3.07. The molecular weight excluding hydrogens is 432 g/mol. The van der Waals surface area contributed by atoms with Crippen LogP contribution in [0.4, 0.5) is 19.3 Å². The zero-order valence-corrected chi connectivity index (χ0v) is 19.4. The van der Waals surface area contributed by atoms with Crippen molar-refractivity contribution < 1.29 is 27.9 Å². The number of hydrogen-bond acceptors (Lipinski definition) is 5. The van der Waals surface area contributed by atoms with Gasteiger partial charge in [-0.3, -0.25) is 9.59 Å². The van der Waals surface area contributed by atoms with Gasteiger partial charge in [-0.1, -0.05) is 0 Å². The Balaban J connectivity index is 1.51. The quantitative estimate of drug-likeness (QED) is 0.728. The maximum atomic E-state index is 15.6. The highest BCUT2D eigenvalue weighted by molar-refractivity contribution is 5.94. The molecule has 2 saturated heterocycles. The van der Waals surface area contributed by atoms with E-state index < -0.39 is 29.4 Å². The first-order valence-electron chi connectivity index (χ1n) is 11.6. The smallest absolute Gasteiger partial charge is 0.410 e. The zero-order chi connectivity index (χ0) is 23.9. The maximum Gasteiger partial charge on any atom is 0.410 e. The second kappa shape index (κ2) is 8.91. The molecule has 0 bridgehead atoms. The molecule has 1 unspecified atom stereocenters. The van der Waals surface area contributed by atoms with Gasteiger partial charge >= 0.3 is 6.09 Å². The van der Waals surface area contributed by atoms with Crippen LogP contribution in [0.1, 0.15) is 63.5 Å². The number of fused-ring (bicyclic) bond motifs is 1. The first kappa shape index (κ1) is 23.4. The molecule has 2 amide bonds. The van der Waals surface area contributed by atoms with Gasteiger partial charge in [0, 0.05) is 42.9 Å². The summed E-state index contributed by atoms with van der Waals surface area (Å²) >= 11 is 0. The maximum absolute atomic E-state index is 15.6. The number of likely N-dealkylation sites (tertiary alicyclic amines) is 1. The van der Waals surface area contributed by atoms with Crippen LogP contribution in [0, 0.1) is 11.6 Å². The molecule has 1 N–H and O–H groups in total. The van der Waals surface area contributed by atoms with Crippen LogP contribution >= 0.6 is 0 Å². The Hall–Kier alpha value is -2.71. The number of amides is 2. The first-order chi connectivity index (χ1) is 15.5. The summed E-state index contributed by atoms with van der Waals surface area (Å²) < 4.78 is 36.2. The van der Waals surface area contributed by atoms with E-state index in [9.17, 15) is 14.4 Å². The van der Waals surface area contributed by atoms with E-state index in [0.717, 1.165) is 0 Å². The molecule has 9 heteroatoms. The lowest BCUT2D eigenvalue weighted by atomic mass is 9.87. The van der Waals surface area contributed by atoms with Crippen LogP contribution in [0.25, 0.3) is 0 Å². The standard InChI is InChI=1S/C24H31F2N3O4/c1-24(2,3)33-23(32)28-9-6-14(7-10-28)21-16(25)12-18-15(22(21)26)8-11-29(18)17-4-5-20(31)27-13-19(17)30/h12,14,17H,4-11,13H2,1-3H3,(H,27,31). The monoisotopic (exact) mass is 463 g/mol. The van der Waals surface area contributed by atoms with Crippen molar-refractivity contribution in [3.63, 3.8) is 0 Å². The lowest BCUT2D eigenvalue weighted by molar-refractivity contribution is -0.123. The third kappa shape index (κ3) is 4.82. The average molecular weight is 464 g/mol. The predicted molar refractivity (Wildman–Crippen MR) is 118 cm³/mol. The molecule has 0 aromatic heterocycles. The molecule has 0 radical (unpaired) electrons. The van der Waals surface area contributed by atoms with Crippen LogP contribution in [0.3, 0.4) is 0 Å². The molecule has 1 aromatic rings. The molecule has 7 nitrogen and oxygen atoms in total. The van der Waals surface area contributed by atoms with Crippen LogP contribution in [0.2, 0.25) is 0 Å². The van der Waals surface area contributed by atoms with Gasteiger partial charge in [-0.15, -0.1) is 0 Å². The summed E-state index contributed by atoms with van der Waals surface area (Å²) in [5.41, 5.74) is 0.313. The molecule has 1 atom stereocenters. The van der Waals surface area contributed by atoms with Gasteiger partial charge in [0.05, 0.1) is 12.6 Å². The highest BCUT2D eigenvalue weighted by Gasteiger charge is 2.37. The number of nitrogens with one attached hydrogen (secondary N) is 1. The molecular formula is C24H31F2N3O4. The molecule has 3 aliphatic heterocycles. The number of carbonyl (C=O) groups is 3. The molecule has 4 rings (SSSR count). The number of hydrogen-bond donors (Lipinski definition) is 1. The highest BCUT2D eigenvalue weighted by Crippen LogP contribution is 2.40. The summed E-state index contributed by atoms with van der Waals surface area (Å²) in [6, 6.07) is 0.779. The number of benzene rings is 1. The third-order valence-corrected chi connectivity index (χ3v) is 6.65. The summed E-state index contributed by atoms with van der Waals surface area (Å²) in [7, 11) is 0. The van der Waals surface area contributed by atoms with Gasteiger partial charge < -0.3 is 19.9 Å². The number of anilines is 1. The molecule has 180 valence electrons. The summed E-state index contributed by atoms with van der Waals surface area (Å²) in [5.74, 6) is -1.82. The second-order valence-corrected chi connectivity index (χ2v) is 10.1. The number of Topliss-reactive ketones (excluding diaryl/α,β-unsaturated/α-hetero) is 1. The number of ketones is 1. The van der Waals surface area contributed by atoms with Crippen molar-refractivity contribution in [1.29, 1.82) is 0 Å². The van der Waals surface area contributed by atoms with Crippen LogP contribution < -0.4 is 10.2 Å². The molecule has 33 heavy (non-hydrogen) atoms. The van der Waals surface area contributed by atoms with Gasteiger partial charge in [-0.25, -0.2) is 13.6 Å². The summed E-state index contributed by atoms with van der Waals surface area (Å²) in [6.07, 6.45) is 1.41. The van der Waals surface area contributed by atoms with Crippen LogP contribution in [0.15, 0.2) is 6.07 Å². The summed E-state index contributed by atoms with van der Waals surface area (Å²) in [5, 5.41) is 2.57. The van der Waals surface area contributed by atoms with Crippen molar-refractivity contribution in [2.24, 2.45) is 0 Å². The molecule has 1 aromatic carbocycles. The van der Waals surface area contributed by atoms with Gasteiger partial charge in [-0.2, -0.15) is 0 Å². The van der Waals surface area contributed by atoms with Crippen LogP contribution in [-0.4, -0.2) is 60.5 Å². The Bertz CT molecular complexity index is 967. The van der Waals surface area contributed by atoms with Gasteiger partial charge in [-0.05, 0) is 58.4 Å². The van der Waals surface area contributed by atoms with E-state index >= 15 is 8.78 Å². The Labute approximate surface area is 192 Å². The number of rotatable bonds is 2. The van der Waals surface area contributed by atoms with Crippen LogP contribution in [-0.2, 0) is 20.7 Å². The van der Waals surface area contributed by atoms with E-state index in [0.29, 0.717) is 56.6 Å². The van der Waals surface area contributed by atoms with E-state index in [1.807, 2.05) is 0 Å². The van der Waals surface area contributed by atoms with Gasteiger partial charge in [0.25, 0.3) is 0 Å². The van der Waals surface area contributed by atoms with Crippen molar-refractivity contribution in [2.75, 3.05) is 31.1 Å². The van der Waals surface area contributed by atoms with E-state index in [1.165, 1.54) is 6.07 Å². The minimum Gasteiger partial charge on any atom is -0.444 e. The summed E-state index contributed by atoms with van der Waals surface area (Å²) in [6.45, 7) is 6.50. The van der Waals surface area contributed by atoms with Crippen molar-refractivity contribution in [3.05, 3.63) is 28.8 Å². The lowest BCUT2D eigenvalue weighted by Gasteiger charge is -2.34. The number of piperidine rings is 1. The van der Waals surface area contributed by atoms with Crippen molar-refractivity contribution in [2.45, 2.75) is 70.4 Å². The van der Waals surface area contributed by atoms with E-state index in [2.05, 4.69) is 5.32 Å². The number of carbonyl (C=O) groups excluding carboxylic acids is 3. The molecule has 0 spiro atoms. The normalized spacial score (nSPS) is 22.2. The Morgan fingerprint density at radius 1 is 1.09 bits per heavy atom. The van der Waals surface area contributed by atoms with E-state index in [1.54, 1.807) is 30.6 Å². The minimum atomic E-state index is -0.621. The third-order valence-electron chi connectivity index (χ3n) is 6.65. The molecule has 2 fully saturated rings. The fraction of sp³-hybridized carbons (Fsp3) is 0.625. The van der Waals surface area contributed by atoms with E-state index in [4.69, 9.17) is 4.74 Å². The fourth-order valence-corrected chi connectivity index (χ4v) is 5.04. The van der Waals surface area contributed by atoms with Gasteiger partial charge in [0.2, 0.25) is 5.91 Å². The van der Waals surface area contributed by atoms with E-state index in [-0.39, 0.29) is 36.1 Å². The fourth-order valence-electron chi connectivity index (χ4n) is 5.04. The number of halogens is 2.